The SMILES string of the molecule is O=C1CN(C(=O)N2CCN(C(=O)O[C@H]3c4nccnc4C(=O)N3c3ccc(Cl)cn3)CC2)CC(=O)N1. The van der Waals surface area contributed by atoms with Gasteiger partial charge in [-0.05, 0) is 12.1 Å². The van der Waals surface area contributed by atoms with E-state index in [-0.39, 0.29) is 56.5 Å². The Kier molecular flexibility index (Phi) is 6.10. The third-order valence-corrected chi connectivity index (χ3v) is 6.04. The fraction of sp³-hybridized carbons (Fsp3) is 0.333. The van der Waals surface area contributed by atoms with Crippen LogP contribution in [0.5, 0.6) is 0 Å². The first-order chi connectivity index (χ1) is 17.3. The van der Waals surface area contributed by atoms with Gasteiger partial charge in [-0.15, -0.1) is 0 Å². The van der Waals surface area contributed by atoms with E-state index in [4.69, 9.17) is 16.3 Å². The summed E-state index contributed by atoms with van der Waals surface area (Å²) in [4.78, 5) is 79.5. The minimum Gasteiger partial charge on any atom is -0.419 e. The molecule has 2 saturated heterocycles. The molecule has 2 aromatic heterocycles. The highest BCUT2D eigenvalue weighted by Crippen LogP contribution is 2.35. The second-order valence-corrected chi connectivity index (χ2v) is 8.56. The van der Waals surface area contributed by atoms with Crippen LogP contribution in [0.25, 0.3) is 0 Å². The molecule has 1 N–H and O–H groups in total. The number of ether oxygens (including phenoxy) is 1. The molecule has 1 atom stereocenters. The number of carbonyl (C=O) groups excluding carboxylic acids is 5. The predicted molar refractivity (Wildman–Crippen MR) is 121 cm³/mol. The molecule has 36 heavy (non-hydrogen) atoms. The number of piperazine rings is 2. The van der Waals surface area contributed by atoms with Crippen molar-refractivity contribution >= 4 is 47.3 Å². The Morgan fingerprint density at radius 1 is 0.917 bits per heavy atom. The Morgan fingerprint density at radius 3 is 2.25 bits per heavy atom. The third kappa shape index (κ3) is 4.37. The third-order valence-electron chi connectivity index (χ3n) is 5.81. The summed E-state index contributed by atoms with van der Waals surface area (Å²) in [7, 11) is 0. The van der Waals surface area contributed by atoms with Gasteiger partial charge in [-0.3, -0.25) is 24.7 Å². The van der Waals surface area contributed by atoms with Crippen molar-refractivity contribution in [3.8, 4) is 0 Å². The largest absolute Gasteiger partial charge is 0.419 e. The molecule has 5 rings (SSSR count). The van der Waals surface area contributed by atoms with E-state index in [0.29, 0.717) is 5.02 Å². The van der Waals surface area contributed by atoms with Crippen LogP contribution in [-0.4, -0.2) is 98.8 Å². The van der Waals surface area contributed by atoms with Gasteiger partial charge in [-0.25, -0.2) is 24.5 Å². The highest BCUT2D eigenvalue weighted by atomic mass is 35.5. The van der Waals surface area contributed by atoms with E-state index in [1.165, 1.54) is 39.4 Å². The summed E-state index contributed by atoms with van der Waals surface area (Å²) in [5, 5.41) is 2.51. The number of imide groups is 1. The topological polar surface area (TPSA) is 158 Å². The smallest absolute Gasteiger partial charge is 0.412 e. The molecule has 0 bridgehead atoms. The normalized spacial score (nSPS) is 19.8. The van der Waals surface area contributed by atoms with E-state index in [1.54, 1.807) is 6.07 Å². The zero-order valence-corrected chi connectivity index (χ0v) is 19.4. The van der Waals surface area contributed by atoms with E-state index in [1.807, 2.05) is 0 Å². The maximum atomic E-state index is 13.0. The van der Waals surface area contributed by atoms with Crippen LogP contribution in [0, 0.1) is 0 Å². The fourth-order valence-electron chi connectivity index (χ4n) is 4.10. The standard InChI is InChI=1S/C21H19ClN8O6/c22-12-1-2-13(25-9-12)30-18(33)16-17(24-4-3-23-16)19(30)36-21(35)28-7-5-27(6-8-28)20(34)29-10-14(31)26-15(32)11-29/h1-4,9,19H,5-8,10-11H2,(H,26,31,32)/t19-/m0/s1. The summed E-state index contributed by atoms with van der Waals surface area (Å²) in [6.45, 7) is 0.206. The van der Waals surface area contributed by atoms with E-state index in [0.717, 1.165) is 4.90 Å². The van der Waals surface area contributed by atoms with E-state index in [2.05, 4.69) is 20.3 Å². The summed E-state index contributed by atoms with van der Waals surface area (Å²) in [5.74, 6) is -1.41. The first-order valence-electron chi connectivity index (χ1n) is 10.9. The van der Waals surface area contributed by atoms with Crippen molar-refractivity contribution in [3.05, 3.63) is 47.1 Å². The van der Waals surface area contributed by atoms with Gasteiger partial charge in [0.05, 0.1) is 5.02 Å². The Hall–Kier alpha value is -4.33. The van der Waals surface area contributed by atoms with Crippen LogP contribution in [0.15, 0.2) is 30.7 Å². The Labute approximate surface area is 208 Å². The lowest BCUT2D eigenvalue weighted by molar-refractivity contribution is -0.135. The predicted octanol–water partition coefficient (Wildman–Crippen LogP) is 0.0166. The summed E-state index contributed by atoms with van der Waals surface area (Å²) in [5.41, 5.74) is 0.219. The number of fused-ring (bicyclic) bond motifs is 1. The van der Waals surface area contributed by atoms with Gasteiger partial charge >= 0.3 is 12.1 Å². The molecular formula is C21H19ClN8O6. The molecule has 0 saturated carbocycles. The number of urea groups is 1. The zero-order valence-electron chi connectivity index (χ0n) is 18.7. The van der Waals surface area contributed by atoms with Crippen molar-refractivity contribution in [2.24, 2.45) is 0 Å². The van der Waals surface area contributed by atoms with Crippen molar-refractivity contribution in [2.75, 3.05) is 44.2 Å². The molecule has 3 aliphatic rings. The van der Waals surface area contributed by atoms with Gasteiger partial charge in [0.15, 0.2) is 5.69 Å². The summed E-state index contributed by atoms with van der Waals surface area (Å²) in [6, 6.07) is 2.61. The molecular weight excluding hydrogens is 496 g/mol. The minimum absolute atomic E-state index is 0.0441. The van der Waals surface area contributed by atoms with Crippen molar-refractivity contribution in [2.45, 2.75) is 6.23 Å². The monoisotopic (exact) mass is 514 g/mol. The molecule has 3 aliphatic heterocycles. The van der Waals surface area contributed by atoms with E-state index in [9.17, 15) is 24.0 Å². The lowest BCUT2D eigenvalue weighted by atomic mass is 10.3. The zero-order chi connectivity index (χ0) is 25.4. The Bertz CT molecular complexity index is 1230. The van der Waals surface area contributed by atoms with Gasteiger partial charge in [0.25, 0.3) is 5.91 Å². The molecule has 0 spiro atoms. The number of hydrogen-bond acceptors (Lipinski definition) is 9. The van der Waals surface area contributed by atoms with Crippen molar-refractivity contribution in [1.29, 1.82) is 0 Å². The Balaban J connectivity index is 1.26. The van der Waals surface area contributed by atoms with Crippen LogP contribution in [0.2, 0.25) is 5.02 Å². The van der Waals surface area contributed by atoms with E-state index >= 15 is 0 Å². The average Bonchev–Trinajstić information content (AvgIpc) is 3.15. The van der Waals surface area contributed by atoms with Gasteiger partial charge in [0.2, 0.25) is 18.0 Å². The molecule has 0 unspecified atom stereocenters. The van der Waals surface area contributed by atoms with Crippen LogP contribution >= 0.6 is 11.6 Å². The van der Waals surface area contributed by atoms with Crippen LogP contribution in [0.1, 0.15) is 22.4 Å². The number of anilines is 1. The number of halogens is 1. The highest BCUT2D eigenvalue weighted by molar-refractivity contribution is 6.30. The molecule has 0 aliphatic carbocycles. The lowest BCUT2D eigenvalue weighted by Gasteiger charge is -2.38. The van der Waals surface area contributed by atoms with Crippen LogP contribution in [-0.2, 0) is 14.3 Å². The van der Waals surface area contributed by atoms with E-state index < -0.39 is 36.1 Å². The van der Waals surface area contributed by atoms with Crippen molar-refractivity contribution < 1.29 is 28.7 Å². The minimum atomic E-state index is -1.19. The second kappa shape index (κ2) is 9.37. The molecule has 2 aromatic rings. The molecule has 6 amide bonds. The number of rotatable bonds is 2. The maximum absolute atomic E-state index is 13.0. The molecule has 186 valence electrons. The number of nitrogens with zero attached hydrogens (tertiary/aromatic N) is 7. The van der Waals surface area contributed by atoms with Gasteiger partial charge in [0, 0.05) is 44.8 Å². The number of carbonyl (C=O) groups is 5. The molecule has 2 fully saturated rings. The molecule has 0 aromatic carbocycles. The van der Waals surface area contributed by atoms with Crippen molar-refractivity contribution in [1.82, 2.24) is 35.0 Å². The molecule has 5 heterocycles. The van der Waals surface area contributed by atoms with Crippen molar-refractivity contribution in [3.63, 3.8) is 0 Å². The lowest BCUT2D eigenvalue weighted by Crippen LogP contribution is -2.59. The Morgan fingerprint density at radius 2 is 1.58 bits per heavy atom. The van der Waals surface area contributed by atoms with Crippen LogP contribution < -0.4 is 10.2 Å². The van der Waals surface area contributed by atoms with Gasteiger partial charge in [-0.1, -0.05) is 11.6 Å². The number of aromatic nitrogens is 3. The highest BCUT2D eigenvalue weighted by Gasteiger charge is 2.44. The van der Waals surface area contributed by atoms with Crippen LogP contribution in [0.4, 0.5) is 15.4 Å². The fourth-order valence-corrected chi connectivity index (χ4v) is 4.21. The number of hydrogen-bond donors (Lipinski definition) is 1. The summed E-state index contributed by atoms with van der Waals surface area (Å²) in [6.07, 6.45) is 2.21. The van der Waals surface area contributed by atoms with Gasteiger partial charge in [-0.2, -0.15) is 0 Å². The quantitative estimate of drug-likeness (QED) is 0.545. The average molecular weight is 515 g/mol. The molecule has 15 heteroatoms. The molecule has 0 radical (unpaired) electrons. The molecule has 14 nitrogen and oxygen atoms in total. The number of nitrogens with one attached hydrogen (secondary N) is 1. The number of pyridine rings is 1. The van der Waals surface area contributed by atoms with Crippen LogP contribution in [0.3, 0.4) is 0 Å². The van der Waals surface area contributed by atoms with Gasteiger partial charge in [0.1, 0.15) is 24.6 Å². The summed E-state index contributed by atoms with van der Waals surface area (Å²) >= 11 is 5.91. The summed E-state index contributed by atoms with van der Waals surface area (Å²) < 4.78 is 5.69. The maximum Gasteiger partial charge on any atom is 0.412 e. The number of amides is 6. The second-order valence-electron chi connectivity index (χ2n) is 8.12. The first kappa shape index (κ1) is 23.4. The first-order valence-corrected chi connectivity index (χ1v) is 11.3. The van der Waals surface area contributed by atoms with Gasteiger partial charge < -0.3 is 19.4 Å².